The summed E-state index contributed by atoms with van der Waals surface area (Å²) in [5, 5.41) is 67.9. The van der Waals surface area contributed by atoms with E-state index < -0.39 is 88.8 Å². The molecule has 368 valence electrons. The van der Waals surface area contributed by atoms with Gasteiger partial charge in [0.15, 0.2) is 5.75 Å². The van der Waals surface area contributed by atoms with Gasteiger partial charge in [-0.3, -0.25) is 24.3 Å². The number of carbonyl (C=O) groups is 3. The Bertz CT molecular complexity index is 2500. The zero-order valence-electron chi connectivity index (χ0n) is 40.5. The van der Waals surface area contributed by atoms with E-state index in [1.54, 1.807) is 47.0 Å². The first-order valence-corrected chi connectivity index (χ1v) is 22.9. The van der Waals surface area contributed by atoms with Crippen molar-refractivity contribution in [3.8, 4) is 28.7 Å². The van der Waals surface area contributed by atoms with Crippen molar-refractivity contribution < 1.29 is 63.6 Å². The molecule has 3 aromatic rings. The van der Waals surface area contributed by atoms with E-state index in [1.807, 2.05) is 29.3 Å². The Morgan fingerprint density at radius 2 is 1.68 bits per heavy atom. The summed E-state index contributed by atoms with van der Waals surface area (Å²) >= 11 is 0. The maximum absolute atomic E-state index is 14.6. The highest BCUT2D eigenvalue weighted by atomic mass is 16.7. The van der Waals surface area contributed by atoms with Crippen LogP contribution in [0.15, 0.2) is 65.5 Å². The molecule has 4 aliphatic rings. The maximum atomic E-state index is 14.6. The Labute approximate surface area is 397 Å². The molecule has 7 rings (SSSR count). The lowest BCUT2D eigenvalue weighted by molar-refractivity contribution is -0.160. The third kappa shape index (κ3) is 10.6. The first kappa shape index (κ1) is 51.3. The van der Waals surface area contributed by atoms with E-state index in [0.717, 1.165) is 24.3 Å². The summed E-state index contributed by atoms with van der Waals surface area (Å²) < 4.78 is 29.2. The first-order valence-electron chi connectivity index (χ1n) is 22.9. The number of carbonyl (C=O) groups excluding carboxylic acids is 3. The third-order valence-electron chi connectivity index (χ3n) is 13.5. The van der Waals surface area contributed by atoms with Gasteiger partial charge in [0.05, 0.1) is 60.1 Å². The standard InChI is InChI=1S/C51H66N4O13/c1-27-14-11-15-28(2)50(63)53-41-36(25-52-55-20-13-19-54(21-22-55)26-34-16-12-17-35(24-34)64-9)45(60)38-39(46(41)61)44(59)32(6)48-40(38)49(62)51(8,68-48)66-23-18-37(65-10)29(3)47(67-33(7)56)31(5)43(58)30(4)42(27)57/h11-12,14-18,23-25,27,29-31,37,42-43,47,57-61H,13,19-22,26H2,1-10H3,(H,53,63)/t27-,29+,30-,31-,37+,42-,43-,47+,51+/m1/s1. The molecule has 0 aromatic heterocycles. The average Bonchev–Trinajstić information content (AvgIpc) is 3.41. The van der Waals surface area contributed by atoms with Crippen molar-refractivity contribution in [1.82, 2.24) is 9.91 Å². The minimum atomic E-state index is -2.07. The number of aromatic hydroxyl groups is 3. The monoisotopic (exact) mass is 942 g/mol. The Morgan fingerprint density at radius 1 is 0.941 bits per heavy atom. The van der Waals surface area contributed by atoms with Crippen LogP contribution in [0.25, 0.3) is 10.8 Å². The van der Waals surface area contributed by atoms with Crippen LogP contribution in [0, 0.1) is 30.6 Å². The SMILES string of the molecule is COc1cccc(CN2CCCN(N=Cc3c4c(O)c5c(O)c(C)c6c(c5c3O)C(=O)[C@@](C)(OC=C[C@H](OC)[C@H](C)[C@H](OC(C)=O)[C@H](C)[C@H](O)[C@H](C)[C@H](O)[C@H](C)C=CC=C(C)C(=O)N4)O6)CC2)c1. The fraction of sp³-hybridized carbons (Fsp3) is 0.490. The van der Waals surface area contributed by atoms with Crippen molar-refractivity contribution >= 4 is 40.3 Å². The molecule has 0 saturated carbocycles. The number of Topliss-reactive ketones (excluding diaryl/α,β-unsaturated/α-hetero) is 1. The summed E-state index contributed by atoms with van der Waals surface area (Å²) in [6.45, 7) is 15.7. The van der Waals surface area contributed by atoms with Gasteiger partial charge in [-0.25, -0.2) is 0 Å². The molecule has 1 saturated heterocycles. The number of aliphatic hydroxyl groups excluding tert-OH is 2. The van der Waals surface area contributed by atoms with Crippen molar-refractivity contribution in [3.05, 3.63) is 82.7 Å². The zero-order chi connectivity index (χ0) is 49.8. The molecule has 4 heterocycles. The van der Waals surface area contributed by atoms with E-state index in [1.165, 1.54) is 59.4 Å². The Kier molecular flexibility index (Phi) is 16.2. The minimum absolute atomic E-state index is 0.0473. The lowest BCUT2D eigenvalue weighted by Crippen LogP contribution is -2.46. The Balaban J connectivity index is 1.45. The number of nitrogens with zero attached hydrogens (tertiary/aromatic N) is 3. The second-order valence-electron chi connectivity index (χ2n) is 18.3. The minimum Gasteiger partial charge on any atom is -0.507 e. The molecule has 0 radical (unpaired) electrons. The van der Waals surface area contributed by atoms with Gasteiger partial charge < -0.3 is 54.5 Å². The predicted octanol–water partition coefficient (Wildman–Crippen LogP) is 6.30. The molecule has 17 heteroatoms. The summed E-state index contributed by atoms with van der Waals surface area (Å²) in [5.74, 6) is -7.72. The highest BCUT2D eigenvalue weighted by Crippen LogP contribution is 2.55. The van der Waals surface area contributed by atoms with Crippen LogP contribution >= 0.6 is 0 Å². The fourth-order valence-corrected chi connectivity index (χ4v) is 9.27. The number of hydrazone groups is 1. The highest BCUT2D eigenvalue weighted by molar-refractivity contribution is 6.23. The van der Waals surface area contributed by atoms with Crippen LogP contribution in [0.5, 0.6) is 28.7 Å². The summed E-state index contributed by atoms with van der Waals surface area (Å²) in [5.41, 5.74) is 0.689. The molecule has 17 nitrogen and oxygen atoms in total. The normalized spacial score (nSPS) is 27.8. The molecule has 6 N–H and O–H groups in total. The molecule has 5 bridgehead atoms. The first-order chi connectivity index (χ1) is 32.2. The molecule has 4 aliphatic heterocycles. The third-order valence-corrected chi connectivity index (χ3v) is 13.5. The van der Waals surface area contributed by atoms with Crippen LogP contribution in [0.2, 0.25) is 0 Å². The molecule has 1 amide bonds. The topological polar surface area (TPSA) is 229 Å². The van der Waals surface area contributed by atoms with Crippen LogP contribution in [0.4, 0.5) is 5.69 Å². The number of phenolic OH excluding ortho intramolecular Hbond substituents is 3. The Hall–Kier alpha value is -6.14. The number of amides is 1. The summed E-state index contributed by atoms with van der Waals surface area (Å²) in [7, 11) is 3.07. The zero-order valence-corrected chi connectivity index (χ0v) is 40.5. The van der Waals surface area contributed by atoms with Crippen LogP contribution in [0.1, 0.15) is 81.9 Å². The van der Waals surface area contributed by atoms with E-state index in [-0.39, 0.29) is 44.5 Å². The number of aliphatic hydroxyl groups is 2. The summed E-state index contributed by atoms with van der Waals surface area (Å²) in [6, 6.07) is 7.88. The molecule has 0 aliphatic carbocycles. The number of fused-ring (bicyclic) bond motifs is 14. The second-order valence-corrected chi connectivity index (χ2v) is 18.3. The van der Waals surface area contributed by atoms with E-state index in [2.05, 4.69) is 10.2 Å². The van der Waals surface area contributed by atoms with E-state index >= 15 is 0 Å². The summed E-state index contributed by atoms with van der Waals surface area (Å²) in [6.07, 6.45) is 5.60. The number of hydrogen-bond donors (Lipinski definition) is 6. The number of hydrogen-bond acceptors (Lipinski definition) is 16. The van der Waals surface area contributed by atoms with Gasteiger partial charge in [0, 0.05) is 93.9 Å². The number of rotatable bonds is 7. The van der Waals surface area contributed by atoms with Crippen molar-refractivity contribution in [3.63, 3.8) is 0 Å². The number of ketones is 1. The van der Waals surface area contributed by atoms with Crippen molar-refractivity contribution in [2.75, 3.05) is 45.7 Å². The number of phenols is 3. The van der Waals surface area contributed by atoms with Crippen LogP contribution in [-0.2, 0) is 30.3 Å². The number of allylic oxidation sites excluding steroid dienone is 2. The lowest BCUT2D eigenvalue weighted by Gasteiger charge is -2.38. The van der Waals surface area contributed by atoms with Gasteiger partial charge in [0.2, 0.25) is 0 Å². The van der Waals surface area contributed by atoms with Crippen molar-refractivity contribution in [1.29, 1.82) is 0 Å². The smallest absolute Gasteiger partial charge is 0.312 e. The van der Waals surface area contributed by atoms with Gasteiger partial charge in [0.1, 0.15) is 29.1 Å². The molecule has 1 fully saturated rings. The number of nitrogens with one attached hydrogen (secondary N) is 1. The van der Waals surface area contributed by atoms with E-state index in [0.29, 0.717) is 26.2 Å². The number of esters is 1. The number of methoxy groups -OCH3 is 2. The molecule has 9 atom stereocenters. The van der Waals surface area contributed by atoms with E-state index in [9.17, 15) is 39.9 Å². The average molecular weight is 943 g/mol. The van der Waals surface area contributed by atoms with Gasteiger partial charge in [-0.1, -0.05) is 58.1 Å². The number of ether oxygens (including phenoxy) is 5. The largest absolute Gasteiger partial charge is 0.507 e. The maximum Gasteiger partial charge on any atom is 0.312 e. The van der Waals surface area contributed by atoms with Crippen molar-refractivity contribution in [2.45, 2.75) is 98.6 Å². The van der Waals surface area contributed by atoms with Crippen LogP contribution < -0.4 is 14.8 Å². The quantitative estimate of drug-likeness (QED) is 0.0661. The van der Waals surface area contributed by atoms with Gasteiger partial charge >= 0.3 is 11.8 Å². The van der Waals surface area contributed by atoms with Gasteiger partial charge in [-0.15, -0.1) is 0 Å². The lowest BCUT2D eigenvalue weighted by atomic mass is 9.78. The summed E-state index contributed by atoms with van der Waals surface area (Å²) in [4.78, 5) is 43.3. The molecule has 3 aromatic carbocycles. The second kappa shape index (κ2) is 21.4. The number of benzene rings is 3. The van der Waals surface area contributed by atoms with Crippen LogP contribution in [-0.4, -0.2) is 130 Å². The van der Waals surface area contributed by atoms with E-state index in [4.69, 9.17) is 28.8 Å². The molecular weight excluding hydrogens is 877 g/mol. The predicted molar refractivity (Wildman–Crippen MR) is 256 cm³/mol. The molecular formula is C51H66N4O13. The van der Waals surface area contributed by atoms with Gasteiger partial charge in [-0.2, -0.15) is 5.10 Å². The molecule has 0 unspecified atom stereocenters. The Morgan fingerprint density at radius 3 is 2.37 bits per heavy atom. The molecule has 0 spiro atoms. The fourth-order valence-electron chi connectivity index (χ4n) is 9.27. The van der Waals surface area contributed by atoms with Crippen molar-refractivity contribution in [2.24, 2.45) is 28.8 Å². The number of anilines is 1. The van der Waals surface area contributed by atoms with Crippen LogP contribution in [0.3, 0.4) is 0 Å². The van der Waals surface area contributed by atoms with Gasteiger partial charge in [0.25, 0.3) is 11.7 Å². The van der Waals surface area contributed by atoms with Gasteiger partial charge in [-0.05, 0) is 44.0 Å². The molecule has 68 heavy (non-hydrogen) atoms. The highest BCUT2D eigenvalue weighted by Gasteiger charge is 2.50.